The van der Waals surface area contributed by atoms with Gasteiger partial charge in [0.2, 0.25) is 5.91 Å². The van der Waals surface area contributed by atoms with Gasteiger partial charge in [-0.05, 0) is 38.5 Å². The van der Waals surface area contributed by atoms with Crippen LogP contribution in [0, 0.1) is 0 Å². The zero-order valence-corrected chi connectivity index (χ0v) is 15.7. The zero-order valence-electron chi connectivity index (χ0n) is 15.7. The van der Waals surface area contributed by atoms with Crippen molar-refractivity contribution in [3.8, 4) is 5.75 Å². The van der Waals surface area contributed by atoms with E-state index in [-0.39, 0.29) is 17.9 Å². The molecule has 142 valence electrons. The van der Waals surface area contributed by atoms with E-state index in [0.29, 0.717) is 6.54 Å². The summed E-state index contributed by atoms with van der Waals surface area (Å²) in [7, 11) is 0. The average molecular weight is 360 g/mol. The Morgan fingerprint density at radius 2 is 1.96 bits per heavy atom. The van der Waals surface area contributed by atoms with Gasteiger partial charge in [-0.25, -0.2) is 0 Å². The van der Waals surface area contributed by atoms with Crippen molar-refractivity contribution >= 4 is 17.5 Å². The third-order valence-electron chi connectivity index (χ3n) is 4.66. The summed E-state index contributed by atoms with van der Waals surface area (Å²) in [6.07, 6.45) is -0.450. The highest BCUT2D eigenvalue weighted by Gasteiger charge is 2.24. The topological polar surface area (TPSA) is 73.9 Å². The molecule has 2 N–H and O–H groups in total. The fourth-order valence-corrected chi connectivity index (χ4v) is 3.29. The monoisotopic (exact) mass is 360 g/mol. The van der Waals surface area contributed by atoms with Crippen molar-refractivity contribution in [2.45, 2.75) is 39.5 Å². The molecule has 1 aromatic rings. The van der Waals surface area contributed by atoms with Gasteiger partial charge in [-0.1, -0.05) is 6.07 Å². The summed E-state index contributed by atoms with van der Waals surface area (Å²) in [6, 6.07) is 6.14. The third kappa shape index (κ3) is 4.74. The summed E-state index contributed by atoms with van der Waals surface area (Å²) in [5, 5.41) is 5.83. The number of amides is 2. The minimum absolute atomic E-state index is 0.0908. The molecule has 0 spiro atoms. The van der Waals surface area contributed by atoms with Crippen molar-refractivity contribution in [3.63, 3.8) is 0 Å². The molecular formula is C19H28N4O3. The van der Waals surface area contributed by atoms with Gasteiger partial charge in [-0.3, -0.25) is 19.4 Å². The van der Waals surface area contributed by atoms with Crippen LogP contribution in [0.15, 0.2) is 18.2 Å². The van der Waals surface area contributed by atoms with E-state index in [9.17, 15) is 9.59 Å². The van der Waals surface area contributed by atoms with Crippen molar-refractivity contribution in [2.24, 2.45) is 0 Å². The maximum atomic E-state index is 11.9. The van der Waals surface area contributed by atoms with Crippen LogP contribution in [0.1, 0.15) is 26.3 Å². The van der Waals surface area contributed by atoms with Gasteiger partial charge in [0, 0.05) is 38.8 Å². The Labute approximate surface area is 154 Å². The lowest BCUT2D eigenvalue weighted by molar-refractivity contribution is -0.123. The lowest BCUT2D eigenvalue weighted by Crippen LogP contribution is -2.49. The Hall–Kier alpha value is -2.12. The summed E-state index contributed by atoms with van der Waals surface area (Å²) in [4.78, 5) is 28.2. The highest BCUT2D eigenvalue weighted by molar-refractivity contribution is 5.97. The van der Waals surface area contributed by atoms with E-state index in [1.165, 1.54) is 0 Å². The van der Waals surface area contributed by atoms with Crippen LogP contribution in [0.25, 0.3) is 0 Å². The largest absolute Gasteiger partial charge is 0.479 e. The Morgan fingerprint density at radius 1 is 1.27 bits per heavy atom. The van der Waals surface area contributed by atoms with Crippen LogP contribution in [0.2, 0.25) is 0 Å². The predicted octanol–water partition coefficient (Wildman–Crippen LogP) is 1.05. The van der Waals surface area contributed by atoms with E-state index < -0.39 is 6.10 Å². The predicted molar refractivity (Wildman–Crippen MR) is 100 cm³/mol. The second-order valence-corrected chi connectivity index (χ2v) is 7.35. The van der Waals surface area contributed by atoms with Gasteiger partial charge in [-0.15, -0.1) is 0 Å². The maximum absolute atomic E-state index is 11.9. The van der Waals surface area contributed by atoms with Crippen LogP contribution in [-0.2, 0) is 16.1 Å². The standard InChI is InChI=1S/C19H28N4O3/c1-13(2)20-18(24)12-23-8-6-22(7-9-23)11-15-4-5-17-16(10-15)21-19(25)14(3)26-17/h4-5,10,13-14H,6-9,11-12H2,1-3H3,(H,20,24)(H,21,25). The van der Waals surface area contributed by atoms with Crippen LogP contribution in [0.4, 0.5) is 5.69 Å². The first-order valence-corrected chi connectivity index (χ1v) is 9.25. The fourth-order valence-electron chi connectivity index (χ4n) is 3.29. The molecule has 0 aromatic heterocycles. The molecule has 3 rings (SSSR count). The van der Waals surface area contributed by atoms with Gasteiger partial charge in [0.25, 0.3) is 5.91 Å². The van der Waals surface area contributed by atoms with E-state index in [0.717, 1.165) is 49.7 Å². The van der Waals surface area contributed by atoms with E-state index in [1.807, 2.05) is 32.0 Å². The molecule has 1 saturated heterocycles. The van der Waals surface area contributed by atoms with E-state index in [1.54, 1.807) is 6.92 Å². The van der Waals surface area contributed by atoms with Crippen molar-refractivity contribution in [1.29, 1.82) is 0 Å². The number of piperazine rings is 1. The molecule has 7 nitrogen and oxygen atoms in total. The van der Waals surface area contributed by atoms with Gasteiger partial charge in [0.15, 0.2) is 6.10 Å². The molecule has 0 saturated carbocycles. The average Bonchev–Trinajstić information content (AvgIpc) is 2.57. The smallest absolute Gasteiger partial charge is 0.265 e. The quantitative estimate of drug-likeness (QED) is 0.821. The summed E-state index contributed by atoms with van der Waals surface area (Å²) in [5.74, 6) is 0.706. The van der Waals surface area contributed by atoms with E-state index in [4.69, 9.17) is 4.74 Å². The number of nitrogens with zero attached hydrogens (tertiary/aromatic N) is 2. The third-order valence-corrected chi connectivity index (χ3v) is 4.66. The molecule has 26 heavy (non-hydrogen) atoms. The number of rotatable bonds is 5. The van der Waals surface area contributed by atoms with Crippen molar-refractivity contribution in [3.05, 3.63) is 23.8 Å². The second-order valence-electron chi connectivity index (χ2n) is 7.35. The van der Waals surface area contributed by atoms with E-state index >= 15 is 0 Å². The van der Waals surface area contributed by atoms with Crippen LogP contribution in [0.3, 0.4) is 0 Å². The summed E-state index contributed by atoms with van der Waals surface area (Å²) in [6.45, 7) is 10.6. The van der Waals surface area contributed by atoms with Crippen LogP contribution < -0.4 is 15.4 Å². The first-order chi connectivity index (χ1) is 12.4. The number of carbonyl (C=O) groups excluding carboxylic acids is 2. The maximum Gasteiger partial charge on any atom is 0.265 e. The Balaban J connectivity index is 1.50. The molecule has 0 bridgehead atoms. The van der Waals surface area contributed by atoms with Gasteiger partial charge < -0.3 is 15.4 Å². The van der Waals surface area contributed by atoms with E-state index in [2.05, 4.69) is 20.4 Å². The van der Waals surface area contributed by atoms with Crippen LogP contribution in [-0.4, -0.2) is 66.5 Å². The van der Waals surface area contributed by atoms with Gasteiger partial charge in [0.1, 0.15) is 5.75 Å². The molecule has 1 aromatic carbocycles. The Kier molecular flexibility index (Phi) is 5.78. The Bertz CT molecular complexity index is 669. The van der Waals surface area contributed by atoms with Gasteiger partial charge >= 0.3 is 0 Å². The summed E-state index contributed by atoms with van der Waals surface area (Å²) >= 11 is 0. The molecule has 1 atom stereocenters. The lowest BCUT2D eigenvalue weighted by Gasteiger charge is -2.34. The number of nitrogens with one attached hydrogen (secondary N) is 2. The first kappa shape index (κ1) is 18.7. The zero-order chi connectivity index (χ0) is 18.7. The SMILES string of the molecule is CC(C)NC(=O)CN1CCN(Cc2ccc3c(c2)NC(=O)C(C)O3)CC1. The number of carbonyl (C=O) groups is 2. The number of hydrogen-bond acceptors (Lipinski definition) is 5. The molecule has 1 fully saturated rings. The molecule has 0 radical (unpaired) electrons. The minimum Gasteiger partial charge on any atom is -0.479 e. The molecule has 7 heteroatoms. The molecule has 2 heterocycles. The normalized spacial score (nSPS) is 21.1. The minimum atomic E-state index is -0.450. The molecule has 1 unspecified atom stereocenters. The van der Waals surface area contributed by atoms with Crippen molar-refractivity contribution in [2.75, 3.05) is 38.0 Å². The molecule has 0 aliphatic carbocycles. The highest BCUT2D eigenvalue weighted by atomic mass is 16.5. The number of anilines is 1. The van der Waals surface area contributed by atoms with Gasteiger partial charge in [0.05, 0.1) is 12.2 Å². The lowest BCUT2D eigenvalue weighted by atomic mass is 10.1. The Morgan fingerprint density at radius 3 is 2.65 bits per heavy atom. The number of ether oxygens (including phenoxy) is 1. The number of fused-ring (bicyclic) bond motifs is 1. The van der Waals surface area contributed by atoms with Crippen LogP contribution >= 0.6 is 0 Å². The number of benzene rings is 1. The van der Waals surface area contributed by atoms with Crippen molar-refractivity contribution in [1.82, 2.24) is 15.1 Å². The second kappa shape index (κ2) is 8.05. The summed E-state index contributed by atoms with van der Waals surface area (Å²) in [5.41, 5.74) is 1.89. The highest BCUT2D eigenvalue weighted by Crippen LogP contribution is 2.30. The molecule has 2 amide bonds. The first-order valence-electron chi connectivity index (χ1n) is 9.25. The molecule has 2 aliphatic heterocycles. The van der Waals surface area contributed by atoms with Crippen LogP contribution in [0.5, 0.6) is 5.75 Å². The summed E-state index contributed by atoms with van der Waals surface area (Å²) < 4.78 is 5.60. The molecular weight excluding hydrogens is 332 g/mol. The van der Waals surface area contributed by atoms with Crippen molar-refractivity contribution < 1.29 is 14.3 Å². The van der Waals surface area contributed by atoms with Gasteiger partial charge in [-0.2, -0.15) is 0 Å². The fraction of sp³-hybridized carbons (Fsp3) is 0.579. The molecule has 2 aliphatic rings. The number of hydrogen-bond donors (Lipinski definition) is 2.